The third-order valence-corrected chi connectivity index (χ3v) is 4.25. The van der Waals surface area contributed by atoms with E-state index >= 15 is 0 Å². The van der Waals surface area contributed by atoms with Crippen molar-refractivity contribution in [1.29, 1.82) is 0 Å². The molecule has 1 unspecified atom stereocenters. The number of nitrogens with zero attached hydrogens (tertiary/aromatic N) is 4. The number of methoxy groups -OCH3 is 1. The number of fused-ring (bicyclic) bond motifs is 1. The monoisotopic (exact) mass is 294 g/mol. The zero-order valence-electron chi connectivity index (χ0n) is 13.7. The molecule has 1 aromatic rings. The van der Waals surface area contributed by atoms with Crippen LogP contribution in [0.5, 0.6) is 0 Å². The average Bonchev–Trinajstić information content (AvgIpc) is 2.83. The Kier molecular flexibility index (Phi) is 5.00. The lowest BCUT2D eigenvalue weighted by molar-refractivity contribution is -0.135. The first-order chi connectivity index (χ1) is 9.95. The van der Waals surface area contributed by atoms with E-state index in [1.165, 1.54) is 0 Å². The van der Waals surface area contributed by atoms with Crippen LogP contribution in [0.4, 0.5) is 0 Å². The summed E-state index contributed by atoms with van der Waals surface area (Å²) in [6.45, 7) is 8.76. The number of carbonyl (C=O) groups is 1. The second-order valence-electron chi connectivity index (χ2n) is 5.96. The lowest BCUT2D eigenvalue weighted by Crippen LogP contribution is -2.46. The Labute approximate surface area is 126 Å². The summed E-state index contributed by atoms with van der Waals surface area (Å²) in [6, 6.07) is 0.377. The molecule has 1 amide bonds. The van der Waals surface area contributed by atoms with Gasteiger partial charge in [-0.3, -0.25) is 9.69 Å². The molecule has 118 valence electrons. The molecule has 21 heavy (non-hydrogen) atoms. The molecule has 0 saturated heterocycles. The summed E-state index contributed by atoms with van der Waals surface area (Å²) >= 11 is 0. The van der Waals surface area contributed by atoms with Gasteiger partial charge in [-0.1, -0.05) is 0 Å². The van der Waals surface area contributed by atoms with Gasteiger partial charge in [-0.05, 0) is 27.8 Å². The number of carbonyl (C=O) groups excluding carboxylic acids is 1. The van der Waals surface area contributed by atoms with Crippen molar-refractivity contribution in [1.82, 2.24) is 19.4 Å². The largest absolute Gasteiger partial charge is 0.378 e. The number of amides is 1. The molecule has 0 radical (unpaired) electrons. The minimum absolute atomic E-state index is 0.0115. The molecule has 1 aliphatic heterocycles. The lowest BCUT2D eigenvalue weighted by Gasteiger charge is -2.36. The predicted octanol–water partition coefficient (Wildman–Crippen LogP) is 1.27. The summed E-state index contributed by atoms with van der Waals surface area (Å²) in [6.07, 6.45) is 1.85. The zero-order valence-corrected chi connectivity index (χ0v) is 13.7. The number of ether oxygens (including phenoxy) is 1. The second-order valence-corrected chi connectivity index (χ2v) is 5.96. The van der Waals surface area contributed by atoms with Gasteiger partial charge in [0.1, 0.15) is 5.82 Å². The van der Waals surface area contributed by atoms with Crippen LogP contribution in [0, 0.1) is 0 Å². The smallest absolute Gasteiger partial charge is 0.237 e. The molecule has 0 aromatic carbocycles. The van der Waals surface area contributed by atoms with Crippen LogP contribution in [-0.4, -0.2) is 58.5 Å². The van der Waals surface area contributed by atoms with Gasteiger partial charge in [0.25, 0.3) is 0 Å². The Balaban J connectivity index is 2.10. The number of hydrogen-bond donors (Lipinski definition) is 0. The maximum atomic E-state index is 12.5. The van der Waals surface area contributed by atoms with Gasteiger partial charge in [-0.25, -0.2) is 4.98 Å². The van der Waals surface area contributed by atoms with Crippen LogP contribution in [-0.2, 0) is 22.7 Å². The Morgan fingerprint density at radius 3 is 2.86 bits per heavy atom. The van der Waals surface area contributed by atoms with Crippen LogP contribution < -0.4 is 0 Å². The maximum absolute atomic E-state index is 12.5. The first kappa shape index (κ1) is 16.0. The lowest BCUT2D eigenvalue weighted by atomic mass is 10.2. The van der Waals surface area contributed by atoms with Crippen LogP contribution in [0.15, 0.2) is 6.20 Å². The van der Waals surface area contributed by atoms with Crippen molar-refractivity contribution < 1.29 is 9.53 Å². The number of likely N-dealkylation sites (N-methyl/N-ethyl adjacent to an activating group) is 1. The molecule has 6 heteroatoms. The fourth-order valence-electron chi connectivity index (χ4n) is 2.65. The van der Waals surface area contributed by atoms with Gasteiger partial charge < -0.3 is 14.2 Å². The summed E-state index contributed by atoms with van der Waals surface area (Å²) in [5.41, 5.74) is 1.07. The highest BCUT2D eigenvalue weighted by Gasteiger charge is 2.30. The van der Waals surface area contributed by atoms with Crippen molar-refractivity contribution in [2.75, 3.05) is 27.2 Å². The Morgan fingerprint density at radius 2 is 2.24 bits per heavy atom. The van der Waals surface area contributed by atoms with Crippen LogP contribution in [0.25, 0.3) is 0 Å². The molecule has 0 N–H and O–H groups in total. The van der Waals surface area contributed by atoms with E-state index in [2.05, 4.69) is 28.3 Å². The molecule has 2 rings (SSSR count). The normalized spacial score (nSPS) is 18.4. The molecule has 0 aliphatic carbocycles. The molecule has 2 heterocycles. The molecule has 1 aromatic heterocycles. The third-order valence-electron chi connectivity index (χ3n) is 4.25. The van der Waals surface area contributed by atoms with Crippen molar-refractivity contribution in [3.05, 3.63) is 17.7 Å². The second kappa shape index (κ2) is 6.58. The van der Waals surface area contributed by atoms with Crippen LogP contribution in [0.2, 0.25) is 0 Å². The van der Waals surface area contributed by atoms with Gasteiger partial charge in [0.15, 0.2) is 0 Å². The first-order valence-corrected chi connectivity index (χ1v) is 7.48. The molecular formula is C15H26N4O2. The van der Waals surface area contributed by atoms with E-state index in [4.69, 9.17) is 4.74 Å². The Hall–Kier alpha value is -1.40. The van der Waals surface area contributed by atoms with Gasteiger partial charge >= 0.3 is 0 Å². The fraction of sp³-hybridized carbons (Fsp3) is 0.733. The van der Waals surface area contributed by atoms with E-state index in [0.29, 0.717) is 19.2 Å². The van der Waals surface area contributed by atoms with E-state index in [9.17, 15) is 4.79 Å². The zero-order chi connectivity index (χ0) is 15.6. The highest BCUT2D eigenvalue weighted by molar-refractivity contribution is 5.78. The van der Waals surface area contributed by atoms with Gasteiger partial charge in [0.05, 0.1) is 31.1 Å². The molecule has 1 atom stereocenters. The molecule has 0 saturated carbocycles. The number of hydrogen-bond acceptors (Lipinski definition) is 4. The number of aromatic nitrogens is 2. The van der Waals surface area contributed by atoms with Crippen molar-refractivity contribution in [2.24, 2.45) is 0 Å². The van der Waals surface area contributed by atoms with Crippen LogP contribution >= 0.6 is 0 Å². The topological polar surface area (TPSA) is 50.6 Å². The minimum Gasteiger partial charge on any atom is -0.378 e. The van der Waals surface area contributed by atoms with E-state index in [-0.39, 0.29) is 11.9 Å². The summed E-state index contributed by atoms with van der Waals surface area (Å²) in [4.78, 5) is 21.0. The third kappa shape index (κ3) is 3.27. The Bertz CT molecular complexity index is 498. The number of rotatable bonds is 5. The fourth-order valence-corrected chi connectivity index (χ4v) is 2.65. The Morgan fingerprint density at radius 1 is 1.52 bits per heavy atom. The van der Waals surface area contributed by atoms with Gasteiger partial charge in [-0.15, -0.1) is 0 Å². The standard InChI is InChI=1S/C15H26N4O2/c1-11(2)17(4)9-14(20)18-6-7-19-13(10-21-5)8-16-15(19)12(18)3/h8,11-12H,6-7,9-10H2,1-5H3. The first-order valence-electron chi connectivity index (χ1n) is 7.48. The van der Waals surface area contributed by atoms with Crippen LogP contribution in [0.1, 0.15) is 38.3 Å². The SMILES string of the molecule is COCc1cnc2n1CCN(C(=O)CN(C)C(C)C)C2C. The molecule has 1 aliphatic rings. The maximum Gasteiger partial charge on any atom is 0.237 e. The van der Waals surface area contributed by atoms with Gasteiger partial charge in [0, 0.05) is 26.2 Å². The summed E-state index contributed by atoms with van der Waals surface area (Å²) in [5, 5.41) is 0. The molecule has 0 fully saturated rings. The molecule has 0 spiro atoms. The molecule has 6 nitrogen and oxygen atoms in total. The summed E-state index contributed by atoms with van der Waals surface area (Å²) < 4.78 is 7.36. The number of imidazole rings is 1. The van der Waals surface area contributed by atoms with Crippen LogP contribution in [0.3, 0.4) is 0 Å². The van der Waals surface area contributed by atoms with Crippen molar-refractivity contribution in [3.63, 3.8) is 0 Å². The molecular weight excluding hydrogens is 268 g/mol. The minimum atomic E-state index is 0.0115. The average molecular weight is 294 g/mol. The van der Waals surface area contributed by atoms with Crippen molar-refractivity contribution >= 4 is 5.91 Å². The van der Waals surface area contributed by atoms with Gasteiger partial charge in [-0.2, -0.15) is 0 Å². The summed E-state index contributed by atoms with van der Waals surface area (Å²) in [7, 11) is 3.67. The van der Waals surface area contributed by atoms with E-state index in [1.54, 1.807) is 7.11 Å². The highest BCUT2D eigenvalue weighted by Crippen LogP contribution is 2.25. The molecule has 0 bridgehead atoms. The van der Waals surface area contributed by atoms with Gasteiger partial charge in [0.2, 0.25) is 5.91 Å². The highest BCUT2D eigenvalue weighted by atomic mass is 16.5. The summed E-state index contributed by atoms with van der Waals surface area (Å²) in [5.74, 6) is 1.12. The van der Waals surface area contributed by atoms with E-state index in [0.717, 1.165) is 24.6 Å². The van der Waals surface area contributed by atoms with E-state index < -0.39 is 0 Å². The quantitative estimate of drug-likeness (QED) is 0.821. The van der Waals surface area contributed by atoms with Crippen molar-refractivity contribution in [2.45, 2.75) is 46.0 Å². The van der Waals surface area contributed by atoms with Crippen molar-refractivity contribution in [3.8, 4) is 0 Å². The van der Waals surface area contributed by atoms with E-state index in [1.807, 2.05) is 25.1 Å². The predicted molar refractivity (Wildman–Crippen MR) is 80.8 cm³/mol.